The molecule has 1 aliphatic rings. The Balaban J connectivity index is 1.50. The summed E-state index contributed by atoms with van der Waals surface area (Å²) >= 11 is 0. The standard InChI is InChI=1S/C20H23N3O2/c1-14-5-6-16(25-14)13-21-20-8-7-17-18(3-2-4-19(17)23-20)22-15-9-11-24-12-10-15/h2-8,15,22H,9-13H2,1H3,(H,21,23). The Hall–Kier alpha value is -2.53. The van der Waals surface area contributed by atoms with Crippen LogP contribution in [0.15, 0.2) is 46.9 Å². The lowest BCUT2D eigenvalue weighted by molar-refractivity contribution is 0.0905. The minimum atomic E-state index is 0.472. The van der Waals surface area contributed by atoms with Crippen molar-refractivity contribution in [2.24, 2.45) is 0 Å². The number of hydrogen-bond donors (Lipinski definition) is 2. The summed E-state index contributed by atoms with van der Waals surface area (Å²) in [5, 5.41) is 8.12. The highest BCUT2D eigenvalue weighted by Crippen LogP contribution is 2.26. The highest BCUT2D eigenvalue weighted by atomic mass is 16.5. The number of aromatic nitrogens is 1. The van der Waals surface area contributed by atoms with E-state index in [1.54, 1.807) is 0 Å². The Morgan fingerprint density at radius 1 is 1.08 bits per heavy atom. The van der Waals surface area contributed by atoms with E-state index in [1.807, 2.05) is 31.2 Å². The molecule has 4 rings (SSSR count). The number of ether oxygens (including phenoxy) is 1. The second-order valence-electron chi connectivity index (χ2n) is 6.47. The summed E-state index contributed by atoms with van der Waals surface area (Å²) in [4.78, 5) is 4.73. The molecule has 0 atom stereocenters. The number of anilines is 2. The zero-order valence-corrected chi connectivity index (χ0v) is 14.4. The first-order valence-corrected chi connectivity index (χ1v) is 8.81. The summed E-state index contributed by atoms with van der Waals surface area (Å²) in [6.45, 7) is 4.25. The van der Waals surface area contributed by atoms with Gasteiger partial charge in [0.1, 0.15) is 17.3 Å². The molecule has 0 unspecified atom stereocenters. The predicted molar refractivity (Wildman–Crippen MR) is 100.0 cm³/mol. The minimum absolute atomic E-state index is 0.472. The van der Waals surface area contributed by atoms with E-state index < -0.39 is 0 Å². The molecular weight excluding hydrogens is 314 g/mol. The summed E-state index contributed by atoms with van der Waals surface area (Å²) in [5.74, 6) is 2.69. The highest BCUT2D eigenvalue weighted by molar-refractivity contribution is 5.92. The van der Waals surface area contributed by atoms with Crippen molar-refractivity contribution in [2.45, 2.75) is 32.4 Å². The van der Waals surface area contributed by atoms with E-state index in [9.17, 15) is 0 Å². The Bertz CT molecular complexity index is 853. The Kier molecular flexibility index (Phi) is 4.57. The summed E-state index contributed by atoms with van der Waals surface area (Å²) < 4.78 is 11.0. The number of benzene rings is 1. The van der Waals surface area contributed by atoms with Crippen LogP contribution in [0.1, 0.15) is 24.4 Å². The summed E-state index contributed by atoms with van der Waals surface area (Å²) in [5.41, 5.74) is 2.13. The Morgan fingerprint density at radius 2 is 1.96 bits per heavy atom. The quantitative estimate of drug-likeness (QED) is 0.725. The van der Waals surface area contributed by atoms with Crippen LogP contribution >= 0.6 is 0 Å². The van der Waals surface area contributed by atoms with Crippen molar-refractivity contribution in [3.63, 3.8) is 0 Å². The molecule has 2 N–H and O–H groups in total. The number of aryl methyl sites for hydroxylation is 1. The van der Waals surface area contributed by atoms with E-state index >= 15 is 0 Å². The zero-order valence-electron chi connectivity index (χ0n) is 14.4. The second-order valence-corrected chi connectivity index (χ2v) is 6.47. The van der Waals surface area contributed by atoms with E-state index in [0.29, 0.717) is 12.6 Å². The van der Waals surface area contributed by atoms with E-state index in [4.69, 9.17) is 14.1 Å². The lowest BCUT2D eigenvalue weighted by atomic mass is 10.1. The first-order chi connectivity index (χ1) is 12.3. The molecule has 0 saturated carbocycles. The molecule has 1 aliphatic heterocycles. The highest BCUT2D eigenvalue weighted by Gasteiger charge is 2.14. The molecule has 130 valence electrons. The lowest BCUT2D eigenvalue weighted by Gasteiger charge is -2.24. The Labute approximate surface area is 147 Å². The van der Waals surface area contributed by atoms with Crippen molar-refractivity contribution in [2.75, 3.05) is 23.8 Å². The predicted octanol–water partition coefficient (Wildman–Crippen LogP) is 4.34. The van der Waals surface area contributed by atoms with Crippen molar-refractivity contribution in [1.82, 2.24) is 4.98 Å². The fourth-order valence-corrected chi connectivity index (χ4v) is 3.20. The Morgan fingerprint density at radius 3 is 2.76 bits per heavy atom. The van der Waals surface area contributed by atoms with E-state index in [0.717, 1.165) is 60.0 Å². The van der Waals surface area contributed by atoms with Crippen LogP contribution in [0.2, 0.25) is 0 Å². The van der Waals surface area contributed by atoms with Gasteiger partial charge in [-0.3, -0.25) is 0 Å². The molecule has 25 heavy (non-hydrogen) atoms. The fraction of sp³-hybridized carbons (Fsp3) is 0.350. The molecule has 2 aromatic heterocycles. The third kappa shape index (κ3) is 3.77. The van der Waals surface area contributed by atoms with Gasteiger partial charge in [-0.25, -0.2) is 4.98 Å². The molecule has 3 aromatic rings. The third-order valence-electron chi connectivity index (χ3n) is 4.55. The van der Waals surface area contributed by atoms with E-state index in [-0.39, 0.29) is 0 Å². The average Bonchev–Trinajstić information content (AvgIpc) is 3.06. The van der Waals surface area contributed by atoms with Gasteiger partial charge in [0.15, 0.2) is 0 Å². The molecule has 0 spiro atoms. The van der Waals surface area contributed by atoms with Gasteiger partial charge in [0.05, 0.1) is 12.1 Å². The van der Waals surface area contributed by atoms with Gasteiger partial charge in [-0.15, -0.1) is 0 Å². The number of hydrogen-bond acceptors (Lipinski definition) is 5. The van der Waals surface area contributed by atoms with Crippen LogP contribution in [0, 0.1) is 6.92 Å². The molecule has 0 radical (unpaired) electrons. The number of nitrogens with zero attached hydrogens (tertiary/aromatic N) is 1. The van der Waals surface area contributed by atoms with E-state index in [1.165, 1.54) is 0 Å². The van der Waals surface area contributed by atoms with Crippen LogP contribution in [0.25, 0.3) is 10.9 Å². The molecule has 1 saturated heterocycles. The maximum Gasteiger partial charge on any atom is 0.127 e. The number of furan rings is 1. The van der Waals surface area contributed by atoms with Crippen LogP contribution in [-0.2, 0) is 11.3 Å². The van der Waals surface area contributed by atoms with Crippen LogP contribution in [0.3, 0.4) is 0 Å². The molecule has 5 heteroatoms. The molecular formula is C20H23N3O2. The van der Waals surface area contributed by atoms with Gasteiger partial charge in [-0.2, -0.15) is 0 Å². The maximum atomic E-state index is 5.59. The lowest BCUT2D eigenvalue weighted by Crippen LogP contribution is -2.27. The van der Waals surface area contributed by atoms with Gasteiger partial charge in [0, 0.05) is 30.3 Å². The fourth-order valence-electron chi connectivity index (χ4n) is 3.20. The molecule has 0 aliphatic carbocycles. The summed E-state index contributed by atoms with van der Waals surface area (Å²) in [7, 11) is 0. The molecule has 0 amide bonds. The monoisotopic (exact) mass is 337 g/mol. The molecule has 1 aromatic carbocycles. The van der Waals surface area contributed by atoms with Crippen molar-refractivity contribution >= 4 is 22.4 Å². The first-order valence-electron chi connectivity index (χ1n) is 8.81. The van der Waals surface area contributed by atoms with Crippen molar-refractivity contribution < 1.29 is 9.15 Å². The van der Waals surface area contributed by atoms with Gasteiger partial charge in [0.25, 0.3) is 0 Å². The minimum Gasteiger partial charge on any atom is -0.465 e. The third-order valence-corrected chi connectivity index (χ3v) is 4.55. The van der Waals surface area contributed by atoms with Crippen LogP contribution < -0.4 is 10.6 Å². The molecule has 3 heterocycles. The van der Waals surface area contributed by atoms with Crippen molar-refractivity contribution in [3.8, 4) is 0 Å². The van der Waals surface area contributed by atoms with Crippen molar-refractivity contribution in [1.29, 1.82) is 0 Å². The topological polar surface area (TPSA) is 59.3 Å². The first kappa shape index (κ1) is 16.0. The van der Waals surface area contributed by atoms with Gasteiger partial charge in [-0.1, -0.05) is 6.07 Å². The SMILES string of the molecule is Cc1ccc(CNc2ccc3c(NC4CCOCC4)cccc3n2)o1. The molecule has 1 fully saturated rings. The van der Waals surface area contributed by atoms with Crippen LogP contribution in [-0.4, -0.2) is 24.2 Å². The van der Waals surface area contributed by atoms with Gasteiger partial charge >= 0.3 is 0 Å². The number of pyridine rings is 1. The summed E-state index contributed by atoms with van der Waals surface area (Å²) in [6, 6.07) is 14.8. The number of rotatable bonds is 5. The van der Waals surface area contributed by atoms with Gasteiger partial charge in [-0.05, 0) is 56.2 Å². The van der Waals surface area contributed by atoms with Gasteiger partial charge in [0.2, 0.25) is 0 Å². The number of fused-ring (bicyclic) bond motifs is 1. The van der Waals surface area contributed by atoms with Gasteiger partial charge < -0.3 is 19.8 Å². The van der Waals surface area contributed by atoms with Crippen LogP contribution in [0.5, 0.6) is 0 Å². The molecule has 5 nitrogen and oxygen atoms in total. The largest absolute Gasteiger partial charge is 0.465 e. The second kappa shape index (κ2) is 7.15. The van der Waals surface area contributed by atoms with Crippen molar-refractivity contribution in [3.05, 3.63) is 54.0 Å². The van der Waals surface area contributed by atoms with Crippen LogP contribution in [0.4, 0.5) is 11.5 Å². The summed E-state index contributed by atoms with van der Waals surface area (Å²) in [6.07, 6.45) is 2.10. The maximum absolute atomic E-state index is 5.59. The average molecular weight is 337 g/mol. The zero-order chi connectivity index (χ0) is 17.1. The normalized spacial score (nSPS) is 15.4. The van der Waals surface area contributed by atoms with E-state index in [2.05, 4.69) is 28.8 Å². The molecule has 0 bridgehead atoms. The smallest absolute Gasteiger partial charge is 0.127 e. The number of nitrogens with one attached hydrogen (secondary N) is 2.